The minimum atomic E-state index is -0.480. The summed E-state index contributed by atoms with van der Waals surface area (Å²) in [5.41, 5.74) is 0.811. The summed E-state index contributed by atoms with van der Waals surface area (Å²) >= 11 is 8.51. The second-order valence-electron chi connectivity index (χ2n) is 7.63. The fraction of sp³-hybridized carbons (Fsp3) is 0.273. The number of rotatable bonds is 7. The lowest BCUT2D eigenvalue weighted by molar-refractivity contribution is -0.113. The fourth-order valence-corrected chi connectivity index (χ4v) is 5.21. The van der Waals surface area contributed by atoms with Gasteiger partial charge in [-0.3, -0.25) is 14.2 Å². The van der Waals surface area contributed by atoms with E-state index in [2.05, 4.69) is 24.1 Å². The van der Waals surface area contributed by atoms with E-state index < -0.39 is 5.82 Å². The molecular weight excluding hydrogens is 471 g/mol. The highest BCUT2D eigenvalue weighted by atomic mass is 35.5. The van der Waals surface area contributed by atoms with Gasteiger partial charge in [0.05, 0.1) is 22.0 Å². The van der Waals surface area contributed by atoms with Gasteiger partial charge in [0.1, 0.15) is 15.3 Å². The zero-order chi connectivity index (χ0) is 22.8. The minimum absolute atomic E-state index is 0.0215. The molecule has 0 saturated heterocycles. The highest BCUT2D eigenvalue weighted by Gasteiger charge is 2.18. The van der Waals surface area contributed by atoms with Crippen molar-refractivity contribution in [1.82, 2.24) is 14.5 Å². The van der Waals surface area contributed by atoms with Crippen LogP contribution in [0.4, 0.5) is 10.1 Å². The van der Waals surface area contributed by atoms with Gasteiger partial charge in [0.25, 0.3) is 5.56 Å². The molecule has 0 radical (unpaired) electrons. The van der Waals surface area contributed by atoms with Gasteiger partial charge in [-0.1, -0.05) is 37.2 Å². The van der Waals surface area contributed by atoms with E-state index >= 15 is 0 Å². The Kier molecular flexibility index (Phi) is 6.78. The predicted octanol–water partition coefficient (Wildman–Crippen LogP) is 5.58. The van der Waals surface area contributed by atoms with Gasteiger partial charge in [-0.15, -0.1) is 11.3 Å². The summed E-state index contributed by atoms with van der Waals surface area (Å²) in [4.78, 5) is 35.6. The van der Waals surface area contributed by atoms with Crippen LogP contribution in [0.15, 0.2) is 46.5 Å². The number of benzene rings is 1. The van der Waals surface area contributed by atoms with E-state index in [9.17, 15) is 14.0 Å². The minimum Gasteiger partial charge on any atom is -0.324 e. The van der Waals surface area contributed by atoms with E-state index in [4.69, 9.17) is 16.6 Å². The summed E-state index contributed by atoms with van der Waals surface area (Å²) in [5.74, 6) is -0.381. The van der Waals surface area contributed by atoms with Crippen LogP contribution in [-0.2, 0) is 11.3 Å². The number of carbonyl (C=O) groups excluding carboxylic acids is 1. The van der Waals surface area contributed by atoms with Crippen LogP contribution in [0.1, 0.15) is 20.3 Å². The summed E-state index contributed by atoms with van der Waals surface area (Å²) in [6, 6.07) is 7.48. The van der Waals surface area contributed by atoms with E-state index in [1.165, 1.54) is 35.2 Å². The zero-order valence-electron chi connectivity index (χ0n) is 17.4. The number of aromatic nitrogens is 3. The third-order valence-electron chi connectivity index (χ3n) is 4.79. The van der Waals surface area contributed by atoms with E-state index in [0.717, 1.165) is 22.7 Å². The van der Waals surface area contributed by atoms with Crippen LogP contribution in [-0.4, -0.2) is 26.2 Å². The highest BCUT2D eigenvalue weighted by molar-refractivity contribution is 7.99. The average molecular weight is 491 g/mol. The number of amides is 1. The number of nitrogens with one attached hydrogen (secondary N) is 1. The molecule has 0 aliphatic carbocycles. The number of thioether (sulfide) groups is 1. The lowest BCUT2D eigenvalue weighted by Gasteiger charge is -2.13. The number of hydrogen-bond acceptors (Lipinski definition) is 6. The fourth-order valence-electron chi connectivity index (χ4n) is 3.14. The van der Waals surface area contributed by atoms with Crippen molar-refractivity contribution in [2.24, 2.45) is 5.92 Å². The number of nitrogens with zero attached hydrogens (tertiary/aromatic N) is 3. The van der Waals surface area contributed by atoms with Gasteiger partial charge >= 0.3 is 0 Å². The summed E-state index contributed by atoms with van der Waals surface area (Å²) in [5, 5.41) is 4.09. The van der Waals surface area contributed by atoms with Crippen LogP contribution in [0.3, 0.4) is 0 Å². The van der Waals surface area contributed by atoms with E-state index in [-0.39, 0.29) is 22.2 Å². The Bertz CT molecular complexity index is 1370. The van der Waals surface area contributed by atoms with Crippen molar-refractivity contribution in [3.05, 3.63) is 57.7 Å². The van der Waals surface area contributed by atoms with Gasteiger partial charge in [0.2, 0.25) is 5.91 Å². The van der Waals surface area contributed by atoms with Crippen LogP contribution in [0.5, 0.6) is 0 Å². The third kappa shape index (κ3) is 4.79. The van der Waals surface area contributed by atoms with Crippen LogP contribution in [0.2, 0.25) is 5.02 Å². The van der Waals surface area contributed by atoms with Crippen molar-refractivity contribution in [2.75, 3.05) is 11.1 Å². The van der Waals surface area contributed by atoms with Crippen LogP contribution in [0, 0.1) is 11.7 Å². The topological polar surface area (TPSA) is 76.9 Å². The van der Waals surface area contributed by atoms with Crippen molar-refractivity contribution < 1.29 is 9.18 Å². The molecule has 6 nitrogen and oxygen atoms in total. The number of thiophene rings is 1. The normalized spacial score (nSPS) is 11.5. The first-order chi connectivity index (χ1) is 15.3. The molecule has 0 fully saturated rings. The molecule has 1 N–H and O–H groups in total. The number of carbonyl (C=O) groups is 1. The van der Waals surface area contributed by atoms with Crippen LogP contribution < -0.4 is 10.9 Å². The van der Waals surface area contributed by atoms with Crippen molar-refractivity contribution in [2.45, 2.75) is 32.0 Å². The summed E-state index contributed by atoms with van der Waals surface area (Å²) < 4.78 is 15.4. The number of anilines is 1. The largest absolute Gasteiger partial charge is 0.324 e. The third-order valence-corrected chi connectivity index (χ3v) is 7.17. The lowest BCUT2D eigenvalue weighted by atomic mass is 10.1. The zero-order valence-corrected chi connectivity index (χ0v) is 19.8. The number of halogens is 2. The molecule has 0 atom stereocenters. The quantitative estimate of drug-likeness (QED) is 0.270. The molecule has 3 aromatic heterocycles. The Labute approximate surface area is 196 Å². The molecule has 4 rings (SSSR count). The second-order valence-corrected chi connectivity index (χ2v) is 9.98. The SMILES string of the molecule is CC(C)CCn1c(SCC(=O)Nc2ccc(F)cc2Cl)nc2c(sc3ncccc32)c1=O. The average Bonchev–Trinajstić information content (AvgIpc) is 3.12. The second kappa shape index (κ2) is 9.56. The molecule has 166 valence electrons. The van der Waals surface area contributed by atoms with Gasteiger partial charge in [-0.2, -0.15) is 0 Å². The van der Waals surface area contributed by atoms with Crippen molar-refractivity contribution in [3.8, 4) is 0 Å². The molecule has 32 heavy (non-hydrogen) atoms. The molecule has 10 heteroatoms. The van der Waals surface area contributed by atoms with Gasteiger partial charge in [0.15, 0.2) is 5.16 Å². The Morgan fingerprint density at radius 1 is 1.34 bits per heavy atom. The van der Waals surface area contributed by atoms with Crippen molar-refractivity contribution >= 4 is 66.7 Å². The molecule has 0 aliphatic heterocycles. The maximum absolute atomic E-state index is 13.3. The molecule has 3 heterocycles. The molecule has 0 aliphatic rings. The lowest BCUT2D eigenvalue weighted by Crippen LogP contribution is -2.24. The van der Waals surface area contributed by atoms with E-state index in [1.54, 1.807) is 10.8 Å². The maximum Gasteiger partial charge on any atom is 0.272 e. The molecule has 1 amide bonds. The Balaban J connectivity index is 1.64. The highest BCUT2D eigenvalue weighted by Crippen LogP contribution is 2.31. The Morgan fingerprint density at radius 3 is 2.91 bits per heavy atom. The van der Waals surface area contributed by atoms with Crippen LogP contribution in [0.25, 0.3) is 20.4 Å². The first-order valence-electron chi connectivity index (χ1n) is 9.99. The molecule has 0 bridgehead atoms. The number of pyridine rings is 1. The Morgan fingerprint density at radius 2 is 2.16 bits per heavy atom. The number of hydrogen-bond donors (Lipinski definition) is 1. The summed E-state index contributed by atoms with van der Waals surface area (Å²) in [7, 11) is 0. The van der Waals surface area contributed by atoms with Gasteiger partial charge < -0.3 is 5.32 Å². The van der Waals surface area contributed by atoms with Crippen LogP contribution >= 0.6 is 34.7 Å². The van der Waals surface area contributed by atoms with Gasteiger partial charge in [0, 0.05) is 18.1 Å². The first kappa shape index (κ1) is 22.7. The number of fused-ring (bicyclic) bond motifs is 3. The molecule has 1 aromatic carbocycles. The monoisotopic (exact) mass is 490 g/mol. The van der Waals surface area contributed by atoms with E-state index in [0.29, 0.717) is 33.5 Å². The summed E-state index contributed by atoms with van der Waals surface area (Å²) in [6.07, 6.45) is 2.50. The van der Waals surface area contributed by atoms with Gasteiger partial charge in [-0.05, 0) is 42.7 Å². The molecule has 0 unspecified atom stereocenters. The van der Waals surface area contributed by atoms with Crippen molar-refractivity contribution in [3.63, 3.8) is 0 Å². The van der Waals surface area contributed by atoms with Crippen molar-refractivity contribution in [1.29, 1.82) is 0 Å². The Hall–Kier alpha value is -2.49. The smallest absolute Gasteiger partial charge is 0.272 e. The van der Waals surface area contributed by atoms with E-state index in [1.807, 2.05) is 12.1 Å². The predicted molar refractivity (Wildman–Crippen MR) is 129 cm³/mol. The first-order valence-corrected chi connectivity index (χ1v) is 12.2. The summed E-state index contributed by atoms with van der Waals surface area (Å²) in [6.45, 7) is 4.69. The standard InChI is InChI=1S/C22H20ClFN4O2S2/c1-12(2)7-9-28-21(30)19-18(14-4-3-8-25-20(14)32-19)27-22(28)31-11-17(29)26-16-6-5-13(24)10-15(16)23/h3-6,8,10,12H,7,9,11H2,1-2H3,(H,26,29). The molecule has 4 aromatic rings. The molecule has 0 saturated carbocycles. The maximum atomic E-state index is 13.3. The molecular formula is C22H20ClFN4O2S2. The van der Waals surface area contributed by atoms with Gasteiger partial charge in [-0.25, -0.2) is 14.4 Å². The molecule has 0 spiro atoms.